The van der Waals surface area contributed by atoms with Crippen molar-refractivity contribution in [2.24, 2.45) is 0 Å². The van der Waals surface area contributed by atoms with Crippen LogP contribution in [0.3, 0.4) is 0 Å². The van der Waals surface area contributed by atoms with E-state index in [4.69, 9.17) is 11.6 Å². The van der Waals surface area contributed by atoms with E-state index in [0.29, 0.717) is 21.5 Å². The van der Waals surface area contributed by atoms with E-state index in [2.05, 4.69) is 10.4 Å². The van der Waals surface area contributed by atoms with Gasteiger partial charge in [-0.25, -0.2) is 4.68 Å². The van der Waals surface area contributed by atoms with E-state index in [-0.39, 0.29) is 4.68 Å². The number of halogens is 7. The van der Waals surface area contributed by atoms with Gasteiger partial charge in [-0.1, -0.05) is 17.7 Å². The molecule has 3 rings (SSSR count). The van der Waals surface area contributed by atoms with Crippen LogP contribution in [0.2, 0.25) is 4.34 Å². The molecule has 1 atom stereocenters. The number of thiophene rings is 1. The van der Waals surface area contributed by atoms with Crippen molar-refractivity contribution >= 4 is 28.8 Å². The van der Waals surface area contributed by atoms with Crippen molar-refractivity contribution < 1.29 is 31.1 Å². The molecule has 2 aromatic heterocycles. The highest BCUT2D eigenvalue weighted by Gasteiger charge is 2.41. The molecule has 1 amide bonds. The van der Waals surface area contributed by atoms with Crippen molar-refractivity contribution in [3.63, 3.8) is 0 Å². The summed E-state index contributed by atoms with van der Waals surface area (Å²) < 4.78 is 80.6. The van der Waals surface area contributed by atoms with Crippen molar-refractivity contribution in [1.29, 1.82) is 0 Å². The minimum atomic E-state index is -5.05. The van der Waals surface area contributed by atoms with E-state index >= 15 is 0 Å². The van der Waals surface area contributed by atoms with E-state index in [9.17, 15) is 31.1 Å². The van der Waals surface area contributed by atoms with E-state index in [0.717, 1.165) is 29.5 Å². The quantitative estimate of drug-likeness (QED) is 0.470. The number of aromatic nitrogens is 2. The molecule has 0 aliphatic heterocycles. The first-order valence-corrected chi connectivity index (χ1v) is 9.46. The highest BCUT2D eigenvalue weighted by atomic mass is 35.5. The fourth-order valence-corrected chi connectivity index (χ4v) is 3.77. The van der Waals surface area contributed by atoms with Crippen LogP contribution in [-0.2, 0) is 12.4 Å². The van der Waals surface area contributed by atoms with Gasteiger partial charge in [-0.2, -0.15) is 31.4 Å². The van der Waals surface area contributed by atoms with Crippen LogP contribution in [0.4, 0.5) is 26.3 Å². The summed E-state index contributed by atoms with van der Waals surface area (Å²) in [6.07, 6.45) is -9.13. The fourth-order valence-electron chi connectivity index (χ4n) is 2.70. The summed E-state index contributed by atoms with van der Waals surface area (Å²) in [5.74, 6) is -1.07. The number of alkyl halides is 6. The number of nitrogens with one attached hydrogen (secondary N) is 1. The summed E-state index contributed by atoms with van der Waals surface area (Å²) in [4.78, 5) is 13.1. The molecule has 1 N–H and O–H groups in total. The Kier molecular flexibility index (Phi) is 5.87. The fraction of sp³-hybridized carbons (Fsp3) is 0.222. The van der Waals surface area contributed by atoms with Crippen molar-refractivity contribution in [3.05, 3.63) is 68.6 Å². The average Bonchev–Trinajstić information content (AvgIpc) is 3.27. The average molecular weight is 468 g/mol. The third-order valence-electron chi connectivity index (χ3n) is 4.07. The molecule has 0 aliphatic carbocycles. The van der Waals surface area contributed by atoms with Gasteiger partial charge in [0.2, 0.25) is 0 Å². The van der Waals surface area contributed by atoms with Gasteiger partial charge >= 0.3 is 12.4 Å². The van der Waals surface area contributed by atoms with Crippen LogP contribution < -0.4 is 5.32 Å². The lowest BCUT2D eigenvalue weighted by Gasteiger charge is -2.16. The molecule has 1 aromatic carbocycles. The van der Waals surface area contributed by atoms with Gasteiger partial charge in [-0.15, -0.1) is 11.3 Å². The lowest BCUT2D eigenvalue weighted by atomic mass is 10.1. The first-order valence-electron chi connectivity index (χ1n) is 8.27. The zero-order valence-electron chi connectivity index (χ0n) is 15.0. The van der Waals surface area contributed by atoms with E-state index < -0.39 is 46.8 Å². The van der Waals surface area contributed by atoms with Crippen molar-refractivity contribution in [2.75, 3.05) is 0 Å². The van der Waals surface area contributed by atoms with Gasteiger partial charge < -0.3 is 5.32 Å². The summed E-state index contributed by atoms with van der Waals surface area (Å²) in [5.41, 5.74) is -3.91. The Labute approximate surface area is 175 Å². The Morgan fingerprint density at radius 1 is 1.13 bits per heavy atom. The molecule has 0 aliphatic rings. The topological polar surface area (TPSA) is 46.9 Å². The SMILES string of the molecule is CC(NC(=O)c1cnn(-c2cccc(C(F)(F)F)c2)c1C(F)(F)F)c1ccc(Cl)s1. The van der Waals surface area contributed by atoms with Gasteiger partial charge in [0.25, 0.3) is 5.91 Å². The summed E-state index contributed by atoms with van der Waals surface area (Å²) >= 11 is 6.97. The van der Waals surface area contributed by atoms with Gasteiger partial charge in [-0.3, -0.25) is 4.79 Å². The molecule has 12 heteroatoms. The van der Waals surface area contributed by atoms with Crippen molar-refractivity contribution in [2.45, 2.75) is 25.3 Å². The van der Waals surface area contributed by atoms with Crippen molar-refractivity contribution in [1.82, 2.24) is 15.1 Å². The zero-order chi connectivity index (χ0) is 22.3. The highest BCUT2D eigenvalue weighted by molar-refractivity contribution is 7.16. The van der Waals surface area contributed by atoms with Crippen LogP contribution in [0.15, 0.2) is 42.6 Å². The maximum atomic E-state index is 13.7. The minimum Gasteiger partial charge on any atom is -0.345 e. The molecule has 0 fully saturated rings. The number of hydrogen-bond acceptors (Lipinski definition) is 3. The van der Waals surface area contributed by atoms with Gasteiger partial charge in [0.05, 0.1) is 33.4 Å². The summed E-state index contributed by atoms with van der Waals surface area (Å²) in [7, 11) is 0. The highest BCUT2D eigenvalue weighted by Crippen LogP contribution is 2.36. The number of nitrogens with zero attached hydrogens (tertiary/aromatic N) is 2. The number of carbonyl (C=O) groups is 1. The second-order valence-electron chi connectivity index (χ2n) is 6.20. The first kappa shape index (κ1) is 22.2. The minimum absolute atomic E-state index is 0.275. The number of benzene rings is 1. The molecule has 2 heterocycles. The summed E-state index contributed by atoms with van der Waals surface area (Å²) in [6, 6.07) is 5.80. The molecule has 0 saturated carbocycles. The third kappa shape index (κ3) is 4.62. The maximum Gasteiger partial charge on any atom is 0.434 e. The Morgan fingerprint density at radius 3 is 2.40 bits per heavy atom. The van der Waals surface area contributed by atoms with Crippen LogP contribution in [0.1, 0.15) is 39.5 Å². The second kappa shape index (κ2) is 7.95. The normalized spacial score (nSPS) is 13.3. The predicted molar refractivity (Wildman–Crippen MR) is 98.8 cm³/mol. The molecule has 1 unspecified atom stereocenters. The number of carbonyl (C=O) groups excluding carboxylic acids is 1. The monoisotopic (exact) mass is 467 g/mol. The van der Waals surface area contributed by atoms with E-state index in [1.165, 1.54) is 0 Å². The molecule has 3 aromatic rings. The zero-order valence-corrected chi connectivity index (χ0v) is 16.5. The van der Waals surface area contributed by atoms with E-state index in [1.807, 2.05) is 0 Å². The molecule has 0 bridgehead atoms. The number of amides is 1. The van der Waals surface area contributed by atoms with E-state index in [1.54, 1.807) is 19.1 Å². The molecule has 0 saturated heterocycles. The van der Waals surface area contributed by atoms with Crippen LogP contribution in [-0.4, -0.2) is 15.7 Å². The van der Waals surface area contributed by atoms with Crippen LogP contribution in [0.5, 0.6) is 0 Å². The maximum absolute atomic E-state index is 13.7. The standard InChI is InChI=1S/C18H12ClF6N3OS/c1-9(13-5-6-14(19)30-13)27-16(29)12-8-26-28(15(12)18(23,24)25)11-4-2-3-10(7-11)17(20,21)22/h2-9H,1H3,(H,27,29). The molecule has 30 heavy (non-hydrogen) atoms. The lowest BCUT2D eigenvalue weighted by Crippen LogP contribution is -2.28. The summed E-state index contributed by atoms with van der Waals surface area (Å²) in [6.45, 7) is 1.56. The van der Waals surface area contributed by atoms with Crippen LogP contribution in [0.25, 0.3) is 5.69 Å². The smallest absolute Gasteiger partial charge is 0.345 e. The summed E-state index contributed by atoms with van der Waals surface area (Å²) in [5, 5.41) is 5.95. The second-order valence-corrected chi connectivity index (χ2v) is 7.95. The largest absolute Gasteiger partial charge is 0.434 e. The predicted octanol–water partition coefficient (Wildman–Crippen LogP) is 6.12. The molecular weight excluding hydrogens is 456 g/mol. The Balaban J connectivity index is 2.00. The van der Waals surface area contributed by atoms with Gasteiger partial charge in [0, 0.05) is 4.88 Å². The van der Waals surface area contributed by atoms with Gasteiger partial charge in [0.1, 0.15) is 0 Å². The van der Waals surface area contributed by atoms with Crippen LogP contribution in [0, 0.1) is 0 Å². The van der Waals surface area contributed by atoms with Crippen LogP contribution >= 0.6 is 22.9 Å². The molecule has 0 spiro atoms. The Bertz CT molecular complexity index is 1070. The lowest BCUT2D eigenvalue weighted by molar-refractivity contribution is -0.143. The molecular formula is C18H12ClF6N3OS. The van der Waals surface area contributed by atoms with Crippen molar-refractivity contribution in [3.8, 4) is 5.69 Å². The van der Waals surface area contributed by atoms with Gasteiger partial charge in [0.15, 0.2) is 5.69 Å². The Hall–Kier alpha value is -2.53. The molecule has 160 valence electrons. The number of rotatable bonds is 4. The third-order valence-corrected chi connectivity index (χ3v) is 5.48. The van der Waals surface area contributed by atoms with Gasteiger partial charge in [-0.05, 0) is 37.3 Å². The first-order chi connectivity index (χ1) is 13.9. The Morgan fingerprint density at radius 2 is 1.83 bits per heavy atom. The number of hydrogen-bond donors (Lipinski definition) is 1. The molecule has 4 nitrogen and oxygen atoms in total. The molecule has 0 radical (unpaired) electrons.